The van der Waals surface area contributed by atoms with Crippen molar-refractivity contribution in [1.82, 2.24) is 0 Å². The molecule has 3 atom stereocenters. The Bertz CT molecular complexity index is 381. The van der Waals surface area contributed by atoms with E-state index in [0.29, 0.717) is 5.56 Å². The lowest BCUT2D eigenvalue weighted by atomic mass is 10.2. The number of aliphatic hydroxyl groups is 1. The molecule has 1 aromatic carbocycles. The number of carbonyl (C=O) groups excluding carboxylic acids is 1. The van der Waals surface area contributed by atoms with Crippen molar-refractivity contribution in [3.8, 4) is 0 Å². The molecule has 1 fully saturated rings. The Labute approximate surface area is 98.0 Å². The number of hydrogen-bond acceptors (Lipinski definition) is 4. The van der Waals surface area contributed by atoms with Crippen LogP contribution in [0.15, 0.2) is 30.3 Å². The fraction of sp³-hybridized carbons (Fsp3) is 0.417. The maximum absolute atomic E-state index is 13.2. The molecule has 0 radical (unpaired) electrons. The van der Waals surface area contributed by atoms with Crippen LogP contribution in [-0.2, 0) is 9.47 Å². The molecule has 1 saturated heterocycles. The number of ether oxygens (including phenoxy) is 2. The lowest BCUT2D eigenvalue weighted by molar-refractivity contribution is -0.106. The standard InChI is InChI=1S/C12H13FO4/c13-9-6-11(14)17-10(9)7-16-12(15)8-4-2-1-3-5-8/h1-5,9-11,14H,6-7H2/t9-,10+,11-/m0/s1. The average molecular weight is 240 g/mol. The van der Waals surface area contributed by atoms with E-state index in [2.05, 4.69) is 0 Å². The Morgan fingerprint density at radius 1 is 1.47 bits per heavy atom. The van der Waals surface area contributed by atoms with E-state index in [4.69, 9.17) is 14.6 Å². The van der Waals surface area contributed by atoms with Crippen LogP contribution in [-0.4, -0.2) is 36.2 Å². The van der Waals surface area contributed by atoms with Crippen LogP contribution in [0.5, 0.6) is 0 Å². The van der Waals surface area contributed by atoms with Gasteiger partial charge in [-0.2, -0.15) is 0 Å². The molecule has 0 saturated carbocycles. The van der Waals surface area contributed by atoms with E-state index in [0.717, 1.165) is 0 Å². The number of carbonyl (C=O) groups is 1. The van der Waals surface area contributed by atoms with Gasteiger partial charge in [-0.15, -0.1) is 0 Å². The molecule has 4 nitrogen and oxygen atoms in total. The van der Waals surface area contributed by atoms with Crippen LogP contribution in [0, 0.1) is 0 Å². The SMILES string of the molecule is O=C(OC[C@H]1O[C@H](O)C[C@@H]1F)c1ccccc1. The highest BCUT2D eigenvalue weighted by Crippen LogP contribution is 2.22. The Kier molecular flexibility index (Phi) is 3.71. The van der Waals surface area contributed by atoms with Crippen molar-refractivity contribution < 1.29 is 23.8 Å². The number of benzene rings is 1. The van der Waals surface area contributed by atoms with Crippen molar-refractivity contribution in [3.05, 3.63) is 35.9 Å². The summed E-state index contributed by atoms with van der Waals surface area (Å²) in [6, 6.07) is 8.43. The molecule has 17 heavy (non-hydrogen) atoms. The summed E-state index contributed by atoms with van der Waals surface area (Å²) in [5.74, 6) is -0.525. The first-order chi connectivity index (χ1) is 8.16. The molecular formula is C12H13FO4. The lowest BCUT2D eigenvalue weighted by Gasteiger charge is -2.12. The molecule has 0 aromatic heterocycles. The third kappa shape index (κ3) is 3.01. The van der Waals surface area contributed by atoms with Gasteiger partial charge in [-0.25, -0.2) is 9.18 Å². The van der Waals surface area contributed by atoms with Gasteiger partial charge in [0.05, 0.1) is 5.56 Å². The molecule has 0 aliphatic carbocycles. The summed E-state index contributed by atoms with van der Waals surface area (Å²) < 4.78 is 23.0. The zero-order valence-corrected chi connectivity index (χ0v) is 9.08. The third-order valence-corrected chi connectivity index (χ3v) is 2.55. The molecule has 1 aliphatic rings. The van der Waals surface area contributed by atoms with Gasteiger partial charge in [0, 0.05) is 6.42 Å². The number of hydrogen-bond donors (Lipinski definition) is 1. The first kappa shape index (κ1) is 12.0. The normalized spacial score (nSPS) is 28.0. The minimum Gasteiger partial charge on any atom is -0.459 e. The van der Waals surface area contributed by atoms with Gasteiger partial charge in [0.2, 0.25) is 0 Å². The van der Waals surface area contributed by atoms with Crippen LogP contribution >= 0.6 is 0 Å². The molecule has 0 unspecified atom stereocenters. The van der Waals surface area contributed by atoms with Gasteiger partial charge < -0.3 is 14.6 Å². The predicted octanol–water partition coefficient (Wildman–Crippen LogP) is 1.29. The maximum Gasteiger partial charge on any atom is 0.338 e. The number of rotatable bonds is 3. The summed E-state index contributed by atoms with van der Waals surface area (Å²) in [5.41, 5.74) is 0.404. The zero-order chi connectivity index (χ0) is 12.3. The molecule has 1 aromatic rings. The summed E-state index contributed by atoms with van der Waals surface area (Å²) in [6.45, 7) is -0.189. The smallest absolute Gasteiger partial charge is 0.338 e. The van der Waals surface area contributed by atoms with E-state index in [-0.39, 0.29) is 13.0 Å². The lowest BCUT2D eigenvalue weighted by Crippen LogP contribution is -2.25. The summed E-state index contributed by atoms with van der Waals surface area (Å²) in [7, 11) is 0. The molecule has 5 heteroatoms. The van der Waals surface area contributed by atoms with Crippen molar-refractivity contribution in [2.24, 2.45) is 0 Å². The van der Waals surface area contributed by atoms with Gasteiger partial charge in [-0.3, -0.25) is 0 Å². The highest BCUT2D eigenvalue weighted by atomic mass is 19.1. The Morgan fingerprint density at radius 2 is 2.18 bits per heavy atom. The monoisotopic (exact) mass is 240 g/mol. The molecule has 1 aliphatic heterocycles. The van der Waals surface area contributed by atoms with E-state index in [1.54, 1.807) is 30.3 Å². The quantitative estimate of drug-likeness (QED) is 0.809. The minimum absolute atomic E-state index is 0.0758. The van der Waals surface area contributed by atoms with Crippen LogP contribution in [0.25, 0.3) is 0 Å². The van der Waals surface area contributed by atoms with Gasteiger partial charge in [-0.1, -0.05) is 18.2 Å². The molecular weight excluding hydrogens is 227 g/mol. The largest absolute Gasteiger partial charge is 0.459 e. The van der Waals surface area contributed by atoms with Gasteiger partial charge in [-0.05, 0) is 12.1 Å². The van der Waals surface area contributed by atoms with Gasteiger partial charge >= 0.3 is 5.97 Å². The molecule has 1 heterocycles. The molecule has 1 N–H and O–H groups in total. The van der Waals surface area contributed by atoms with E-state index in [1.807, 2.05) is 0 Å². The first-order valence-electron chi connectivity index (χ1n) is 5.36. The van der Waals surface area contributed by atoms with E-state index >= 15 is 0 Å². The van der Waals surface area contributed by atoms with Crippen molar-refractivity contribution in [3.63, 3.8) is 0 Å². The summed E-state index contributed by atoms with van der Waals surface area (Å²) in [5, 5.41) is 9.05. The van der Waals surface area contributed by atoms with E-state index in [1.165, 1.54) is 0 Å². The van der Waals surface area contributed by atoms with Crippen molar-refractivity contribution >= 4 is 5.97 Å². The fourth-order valence-corrected chi connectivity index (χ4v) is 1.65. The maximum atomic E-state index is 13.2. The van der Waals surface area contributed by atoms with Crippen LogP contribution in [0.2, 0.25) is 0 Å². The van der Waals surface area contributed by atoms with Gasteiger partial charge in [0.25, 0.3) is 0 Å². The highest BCUT2D eigenvalue weighted by molar-refractivity contribution is 5.89. The number of esters is 1. The molecule has 0 bridgehead atoms. The number of aliphatic hydroxyl groups excluding tert-OH is 1. The van der Waals surface area contributed by atoms with Crippen LogP contribution < -0.4 is 0 Å². The molecule has 0 spiro atoms. The number of alkyl halides is 1. The zero-order valence-electron chi connectivity index (χ0n) is 9.08. The predicted molar refractivity (Wildman–Crippen MR) is 57.1 cm³/mol. The highest BCUT2D eigenvalue weighted by Gasteiger charge is 2.35. The fourth-order valence-electron chi connectivity index (χ4n) is 1.65. The average Bonchev–Trinajstić information content (AvgIpc) is 2.66. The molecule has 0 amide bonds. The Balaban J connectivity index is 1.85. The molecule has 92 valence electrons. The van der Waals surface area contributed by atoms with E-state index < -0.39 is 24.5 Å². The van der Waals surface area contributed by atoms with Crippen molar-refractivity contribution in [2.45, 2.75) is 25.0 Å². The number of halogens is 1. The van der Waals surface area contributed by atoms with Gasteiger partial charge in [0.15, 0.2) is 6.29 Å². The second kappa shape index (κ2) is 5.25. The second-order valence-electron chi connectivity index (χ2n) is 3.85. The summed E-state index contributed by atoms with van der Waals surface area (Å²) >= 11 is 0. The second-order valence-corrected chi connectivity index (χ2v) is 3.85. The Morgan fingerprint density at radius 3 is 2.76 bits per heavy atom. The minimum atomic E-state index is -1.30. The topological polar surface area (TPSA) is 55.8 Å². The third-order valence-electron chi connectivity index (χ3n) is 2.55. The first-order valence-corrected chi connectivity index (χ1v) is 5.36. The van der Waals surface area contributed by atoms with E-state index in [9.17, 15) is 9.18 Å². The molecule has 2 rings (SSSR count). The summed E-state index contributed by atoms with van der Waals surface area (Å²) in [6.07, 6.45) is -3.36. The van der Waals surface area contributed by atoms with Crippen molar-refractivity contribution in [2.75, 3.05) is 6.61 Å². The van der Waals surface area contributed by atoms with Crippen molar-refractivity contribution in [1.29, 1.82) is 0 Å². The van der Waals surface area contributed by atoms with Gasteiger partial charge in [0.1, 0.15) is 18.9 Å². The van der Waals surface area contributed by atoms with Crippen LogP contribution in [0.3, 0.4) is 0 Å². The Hall–Kier alpha value is -1.46. The van der Waals surface area contributed by atoms with Crippen LogP contribution in [0.1, 0.15) is 16.8 Å². The summed E-state index contributed by atoms with van der Waals surface area (Å²) in [4.78, 5) is 11.5. The van der Waals surface area contributed by atoms with Crippen LogP contribution in [0.4, 0.5) is 4.39 Å².